The summed E-state index contributed by atoms with van der Waals surface area (Å²) in [4.78, 5) is 47.4. The molecule has 0 aliphatic carbocycles. The van der Waals surface area contributed by atoms with Crippen molar-refractivity contribution < 1.29 is 51.3 Å². The molecule has 39 heavy (non-hydrogen) atoms. The van der Waals surface area contributed by atoms with E-state index in [4.69, 9.17) is 23.7 Å². The van der Waals surface area contributed by atoms with Crippen molar-refractivity contribution in [1.82, 2.24) is 4.31 Å². The topological polar surface area (TPSA) is 152 Å². The Morgan fingerprint density at radius 3 is 1.69 bits per heavy atom. The number of carbonyl (C=O) groups is 4. The Labute approximate surface area is 232 Å². The molecule has 0 bridgehead atoms. The van der Waals surface area contributed by atoms with Crippen LogP contribution in [0.4, 0.5) is 0 Å². The minimum Gasteiger partial charge on any atom is -0.462 e. The molecule has 1 rings (SSSR count). The lowest BCUT2D eigenvalue weighted by molar-refractivity contribution is -0.176. The highest BCUT2D eigenvalue weighted by molar-refractivity contribution is 7.89. The molecule has 13 heteroatoms. The molecule has 0 spiro atoms. The van der Waals surface area contributed by atoms with Crippen LogP contribution in [-0.4, -0.2) is 86.1 Å². The highest BCUT2D eigenvalue weighted by Gasteiger charge is 2.58. The van der Waals surface area contributed by atoms with Gasteiger partial charge < -0.3 is 23.7 Å². The normalized spacial score (nSPS) is 21.8. The van der Waals surface area contributed by atoms with Crippen LogP contribution in [0.1, 0.15) is 92.9 Å². The number of carbonyl (C=O) groups excluding carboxylic acids is 4. The van der Waals surface area contributed by atoms with E-state index in [2.05, 4.69) is 13.8 Å². The van der Waals surface area contributed by atoms with Crippen LogP contribution in [-0.2, 0) is 52.9 Å². The van der Waals surface area contributed by atoms with Crippen LogP contribution in [0.2, 0.25) is 0 Å². The number of sulfonamides is 1. The first-order valence-electron chi connectivity index (χ1n) is 13.6. The molecule has 1 fully saturated rings. The maximum Gasteiger partial charge on any atom is 0.303 e. The highest BCUT2D eigenvalue weighted by atomic mass is 32.2. The van der Waals surface area contributed by atoms with Crippen molar-refractivity contribution in [1.29, 1.82) is 0 Å². The fourth-order valence-corrected chi connectivity index (χ4v) is 6.26. The molecule has 1 aliphatic rings. The van der Waals surface area contributed by atoms with Crippen molar-refractivity contribution in [3.8, 4) is 0 Å². The number of hydrogen-bond acceptors (Lipinski definition) is 11. The smallest absolute Gasteiger partial charge is 0.303 e. The van der Waals surface area contributed by atoms with Gasteiger partial charge in [-0.2, -0.15) is 4.31 Å². The van der Waals surface area contributed by atoms with Gasteiger partial charge in [-0.05, 0) is 12.8 Å². The summed E-state index contributed by atoms with van der Waals surface area (Å²) in [7, 11) is -4.27. The van der Waals surface area contributed by atoms with Crippen molar-refractivity contribution in [3.05, 3.63) is 0 Å². The molecule has 5 atom stereocenters. The van der Waals surface area contributed by atoms with Crippen molar-refractivity contribution in [2.75, 3.05) is 19.7 Å². The number of rotatable bonds is 18. The third-order valence-corrected chi connectivity index (χ3v) is 8.17. The Bertz CT molecular complexity index is 896. The van der Waals surface area contributed by atoms with Gasteiger partial charge in [0.2, 0.25) is 15.5 Å². The molecule has 0 amide bonds. The van der Waals surface area contributed by atoms with Gasteiger partial charge in [-0.1, -0.05) is 52.4 Å². The van der Waals surface area contributed by atoms with E-state index in [9.17, 15) is 27.6 Å². The largest absolute Gasteiger partial charge is 0.462 e. The Morgan fingerprint density at radius 1 is 0.744 bits per heavy atom. The molecule has 1 saturated heterocycles. The van der Waals surface area contributed by atoms with Gasteiger partial charge in [0.25, 0.3) is 0 Å². The molecule has 0 aromatic rings. The molecule has 12 nitrogen and oxygen atoms in total. The Hall–Kier alpha value is -2.25. The van der Waals surface area contributed by atoms with Crippen LogP contribution >= 0.6 is 0 Å². The summed E-state index contributed by atoms with van der Waals surface area (Å²) in [6, 6.07) is 0. The van der Waals surface area contributed by atoms with Crippen LogP contribution in [0.25, 0.3) is 0 Å². The van der Waals surface area contributed by atoms with Gasteiger partial charge in [0.1, 0.15) is 12.7 Å². The fourth-order valence-electron chi connectivity index (χ4n) is 4.38. The average molecular weight is 580 g/mol. The molecule has 1 aliphatic heterocycles. The first kappa shape index (κ1) is 34.8. The summed E-state index contributed by atoms with van der Waals surface area (Å²) < 4.78 is 56.3. The monoisotopic (exact) mass is 579 g/mol. The zero-order chi connectivity index (χ0) is 29.6. The van der Waals surface area contributed by atoms with E-state index in [-0.39, 0.29) is 13.1 Å². The third-order valence-electron chi connectivity index (χ3n) is 6.12. The van der Waals surface area contributed by atoms with E-state index in [1.807, 2.05) is 0 Å². The molecule has 0 aromatic heterocycles. The number of nitrogens with zero attached hydrogens (tertiary/aromatic N) is 1. The molecule has 0 saturated carbocycles. The highest BCUT2D eigenvalue weighted by Crippen LogP contribution is 2.35. The number of hydrogen-bond donors (Lipinski definition) is 0. The number of unbranched alkanes of at least 4 members (excludes halogenated alkanes) is 6. The Balaban J connectivity index is 3.47. The van der Waals surface area contributed by atoms with Gasteiger partial charge >= 0.3 is 23.9 Å². The molecule has 226 valence electrons. The molecule has 0 aromatic carbocycles. The summed E-state index contributed by atoms with van der Waals surface area (Å²) in [6.45, 7) is 8.56. The number of ether oxygens (including phenoxy) is 5. The number of esters is 4. The first-order valence-corrected chi connectivity index (χ1v) is 15.1. The van der Waals surface area contributed by atoms with Crippen LogP contribution in [0.15, 0.2) is 0 Å². The van der Waals surface area contributed by atoms with E-state index in [0.29, 0.717) is 12.8 Å². The molecule has 0 radical (unpaired) electrons. The maximum atomic E-state index is 14.0. The van der Waals surface area contributed by atoms with Crippen molar-refractivity contribution in [2.45, 2.75) is 123 Å². The minimum atomic E-state index is -4.27. The van der Waals surface area contributed by atoms with E-state index >= 15 is 0 Å². The van der Waals surface area contributed by atoms with Crippen LogP contribution < -0.4 is 0 Å². The zero-order valence-electron chi connectivity index (χ0n) is 24.0. The van der Waals surface area contributed by atoms with Gasteiger partial charge in [-0.25, -0.2) is 8.42 Å². The van der Waals surface area contributed by atoms with Crippen molar-refractivity contribution in [3.63, 3.8) is 0 Å². The van der Waals surface area contributed by atoms with Crippen LogP contribution in [0.5, 0.6) is 0 Å². The third kappa shape index (κ3) is 11.8. The van der Waals surface area contributed by atoms with E-state index < -0.39 is 70.4 Å². The summed E-state index contributed by atoms with van der Waals surface area (Å²) in [5.74, 6) is -3.06. The molecule has 1 unspecified atom stereocenters. The Kier molecular flexibility index (Phi) is 15.6. The van der Waals surface area contributed by atoms with Gasteiger partial charge in [-0.15, -0.1) is 0 Å². The lowest BCUT2D eigenvalue weighted by Gasteiger charge is -2.28. The van der Waals surface area contributed by atoms with E-state index in [1.54, 1.807) is 0 Å². The molecule has 1 heterocycles. The lowest BCUT2D eigenvalue weighted by Crippen LogP contribution is -2.48. The summed E-state index contributed by atoms with van der Waals surface area (Å²) >= 11 is 0. The summed E-state index contributed by atoms with van der Waals surface area (Å²) in [5.41, 5.74) is -1.75. The van der Waals surface area contributed by atoms with Crippen LogP contribution in [0, 0.1) is 0 Å². The molecule has 0 N–H and O–H groups in total. The SMILES string of the molecule is CCCCCCN(CCCCCC)S(=O)(=O)C1O[C@@H]([C@@H](COC(C)=O)OC(C)=O)[C@H](OC(C)=O)[C@H]1OC(C)=O. The summed E-state index contributed by atoms with van der Waals surface area (Å²) in [6.07, 6.45) is 1.07. The predicted molar refractivity (Wildman–Crippen MR) is 141 cm³/mol. The standard InChI is InChI=1S/C26H45NO11S/c1-7-9-11-13-15-27(16-14-12-10-8-2)39(32,33)26-25(37-21(6)31)24(36-20(5)30)23(38-26)22(35-19(4)29)17-34-18(3)28/h22-26H,7-17H2,1-6H3/t22-,23+,24+,25-,26?/m1/s1. The van der Waals surface area contributed by atoms with Crippen molar-refractivity contribution >= 4 is 33.9 Å². The zero-order valence-corrected chi connectivity index (χ0v) is 24.8. The maximum absolute atomic E-state index is 14.0. The van der Waals surface area contributed by atoms with Gasteiger partial charge in [0.15, 0.2) is 18.3 Å². The predicted octanol–water partition coefficient (Wildman–Crippen LogP) is 2.86. The molecular formula is C26H45NO11S. The molecular weight excluding hydrogens is 534 g/mol. The van der Waals surface area contributed by atoms with Gasteiger partial charge in [-0.3, -0.25) is 19.2 Å². The minimum absolute atomic E-state index is 0.241. The lowest BCUT2D eigenvalue weighted by atomic mass is 10.1. The van der Waals surface area contributed by atoms with Gasteiger partial charge in [0, 0.05) is 40.8 Å². The second-order valence-electron chi connectivity index (χ2n) is 9.63. The van der Waals surface area contributed by atoms with E-state index in [1.165, 1.54) is 4.31 Å². The second kappa shape index (κ2) is 17.4. The van der Waals surface area contributed by atoms with Crippen LogP contribution in [0.3, 0.4) is 0 Å². The van der Waals surface area contributed by atoms with E-state index in [0.717, 1.165) is 66.2 Å². The average Bonchev–Trinajstić information content (AvgIpc) is 3.17. The first-order chi connectivity index (χ1) is 18.3. The Morgan fingerprint density at radius 2 is 1.26 bits per heavy atom. The second-order valence-corrected chi connectivity index (χ2v) is 11.6. The van der Waals surface area contributed by atoms with Gasteiger partial charge in [0.05, 0.1) is 0 Å². The summed E-state index contributed by atoms with van der Waals surface area (Å²) in [5, 5.41) is 0. The van der Waals surface area contributed by atoms with Crippen molar-refractivity contribution in [2.24, 2.45) is 0 Å². The fraction of sp³-hybridized carbons (Fsp3) is 0.846. The quantitative estimate of drug-likeness (QED) is 0.134.